The fourth-order valence-electron chi connectivity index (χ4n) is 2.47. The highest BCUT2D eigenvalue weighted by Gasteiger charge is 2.18. The quantitative estimate of drug-likeness (QED) is 0.713. The molecule has 5 nitrogen and oxygen atoms in total. The fourth-order valence-corrected chi connectivity index (χ4v) is 3.53. The number of nitrogens with one attached hydrogen (secondary N) is 2. The number of H-pyrrole nitrogens is 2. The van der Waals surface area contributed by atoms with Crippen molar-refractivity contribution in [1.29, 1.82) is 0 Å². The third-order valence-electron chi connectivity index (χ3n) is 3.42. The van der Waals surface area contributed by atoms with Crippen molar-refractivity contribution < 1.29 is 4.74 Å². The summed E-state index contributed by atoms with van der Waals surface area (Å²) in [6.07, 6.45) is 4.38. The minimum absolute atomic E-state index is 0.00426. The van der Waals surface area contributed by atoms with Crippen LogP contribution in [0.1, 0.15) is 11.3 Å². The lowest BCUT2D eigenvalue weighted by Crippen LogP contribution is -2.18. The molecule has 0 aromatic carbocycles. The van der Waals surface area contributed by atoms with E-state index in [0.29, 0.717) is 13.2 Å². The summed E-state index contributed by atoms with van der Waals surface area (Å²) in [7, 11) is 0. The van der Waals surface area contributed by atoms with E-state index in [1.807, 2.05) is 6.20 Å². The Morgan fingerprint density at radius 3 is 3.21 bits per heavy atom. The first-order valence-corrected chi connectivity index (χ1v) is 6.89. The molecule has 4 rings (SSSR count). The average molecular weight is 273 g/mol. The van der Waals surface area contributed by atoms with Gasteiger partial charge in [-0.3, -0.25) is 9.89 Å². The van der Waals surface area contributed by atoms with Gasteiger partial charge in [-0.05, 0) is 6.07 Å². The molecule has 0 radical (unpaired) electrons. The Kier molecular flexibility index (Phi) is 2.33. The number of hydrogen-bond donors (Lipinski definition) is 2. The summed E-state index contributed by atoms with van der Waals surface area (Å²) >= 11 is 1.50. The van der Waals surface area contributed by atoms with Crippen LogP contribution in [0.15, 0.2) is 23.3 Å². The average Bonchev–Trinajstić information content (AvgIpc) is 3.08. The molecule has 6 heteroatoms. The summed E-state index contributed by atoms with van der Waals surface area (Å²) in [5.41, 5.74) is 3.13. The van der Waals surface area contributed by atoms with Crippen molar-refractivity contribution in [2.24, 2.45) is 0 Å². The van der Waals surface area contributed by atoms with Crippen molar-refractivity contribution in [3.63, 3.8) is 0 Å². The number of aromatic nitrogens is 3. The van der Waals surface area contributed by atoms with E-state index >= 15 is 0 Å². The predicted molar refractivity (Wildman–Crippen MR) is 73.4 cm³/mol. The third kappa shape index (κ3) is 1.64. The van der Waals surface area contributed by atoms with Gasteiger partial charge in [-0.2, -0.15) is 5.10 Å². The molecular weight excluding hydrogens is 262 g/mol. The van der Waals surface area contributed by atoms with Crippen LogP contribution in [0.2, 0.25) is 0 Å². The van der Waals surface area contributed by atoms with E-state index in [9.17, 15) is 4.79 Å². The van der Waals surface area contributed by atoms with Crippen molar-refractivity contribution in [1.82, 2.24) is 15.2 Å². The standard InChI is InChI=1S/C13H11N3O2S/c17-13-12-8(9-6-18-2-1-10(9)16-13)3-11(19-12)7-4-14-15-5-7/h3-5H,1-2,6H2,(H,14,15)(H,16,17). The number of aromatic amines is 2. The van der Waals surface area contributed by atoms with E-state index in [0.717, 1.165) is 38.2 Å². The van der Waals surface area contributed by atoms with Crippen molar-refractivity contribution in [3.8, 4) is 10.4 Å². The topological polar surface area (TPSA) is 70.8 Å². The minimum atomic E-state index is -0.00426. The Hall–Kier alpha value is -1.92. The van der Waals surface area contributed by atoms with Gasteiger partial charge < -0.3 is 9.72 Å². The van der Waals surface area contributed by atoms with Crippen LogP contribution in [0, 0.1) is 0 Å². The smallest absolute Gasteiger partial charge is 0.266 e. The molecule has 3 aromatic rings. The van der Waals surface area contributed by atoms with Gasteiger partial charge in [0.05, 0.1) is 19.4 Å². The van der Waals surface area contributed by atoms with Crippen LogP contribution in [0.25, 0.3) is 20.5 Å². The van der Waals surface area contributed by atoms with Crippen LogP contribution in [-0.4, -0.2) is 21.8 Å². The summed E-state index contributed by atoms with van der Waals surface area (Å²) in [5, 5.41) is 7.76. The maximum absolute atomic E-state index is 12.1. The fraction of sp³-hybridized carbons (Fsp3) is 0.231. The molecule has 1 aliphatic rings. The van der Waals surface area contributed by atoms with Crippen molar-refractivity contribution >= 4 is 21.4 Å². The monoisotopic (exact) mass is 273 g/mol. The molecule has 3 aromatic heterocycles. The molecule has 19 heavy (non-hydrogen) atoms. The van der Waals surface area contributed by atoms with Gasteiger partial charge in [0.1, 0.15) is 4.70 Å². The zero-order chi connectivity index (χ0) is 12.8. The number of hydrogen-bond acceptors (Lipinski definition) is 4. The highest BCUT2D eigenvalue weighted by atomic mass is 32.1. The van der Waals surface area contributed by atoms with E-state index in [1.165, 1.54) is 11.3 Å². The first-order chi connectivity index (χ1) is 9.33. The third-order valence-corrected chi connectivity index (χ3v) is 4.60. The van der Waals surface area contributed by atoms with Crippen LogP contribution >= 0.6 is 11.3 Å². The predicted octanol–water partition coefficient (Wildman–Crippen LogP) is 2.05. The zero-order valence-corrected chi connectivity index (χ0v) is 10.8. The summed E-state index contributed by atoms with van der Waals surface area (Å²) in [5.74, 6) is 0. The molecule has 0 bridgehead atoms. The van der Waals surface area contributed by atoms with E-state index < -0.39 is 0 Å². The summed E-state index contributed by atoms with van der Waals surface area (Å²) in [6.45, 7) is 1.25. The Balaban J connectivity index is 2.02. The summed E-state index contributed by atoms with van der Waals surface area (Å²) in [4.78, 5) is 16.2. The van der Waals surface area contributed by atoms with Gasteiger partial charge in [-0.15, -0.1) is 11.3 Å². The molecule has 2 N–H and O–H groups in total. The van der Waals surface area contributed by atoms with E-state index in [4.69, 9.17) is 4.74 Å². The van der Waals surface area contributed by atoms with Crippen LogP contribution in [0.5, 0.6) is 0 Å². The molecule has 0 fully saturated rings. The molecule has 0 atom stereocenters. The summed E-state index contributed by atoms with van der Waals surface area (Å²) < 4.78 is 6.27. The second-order valence-corrected chi connectivity index (χ2v) is 5.61. The Morgan fingerprint density at radius 1 is 1.42 bits per heavy atom. The van der Waals surface area contributed by atoms with Crippen LogP contribution < -0.4 is 5.56 Å². The minimum Gasteiger partial charge on any atom is -0.376 e. The molecule has 0 saturated carbocycles. The van der Waals surface area contributed by atoms with Crippen LogP contribution in [0.4, 0.5) is 0 Å². The Bertz CT molecular complexity index is 801. The van der Waals surface area contributed by atoms with Gasteiger partial charge in [-0.25, -0.2) is 0 Å². The van der Waals surface area contributed by atoms with Gasteiger partial charge in [0.15, 0.2) is 0 Å². The van der Waals surface area contributed by atoms with Gasteiger partial charge in [-0.1, -0.05) is 0 Å². The molecule has 0 aliphatic carbocycles. The van der Waals surface area contributed by atoms with Crippen molar-refractivity contribution in [2.75, 3.05) is 6.61 Å². The number of rotatable bonds is 1. The first kappa shape index (κ1) is 11.0. The van der Waals surface area contributed by atoms with E-state index in [2.05, 4.69) is 21.2 Å². The highest BCUT2D eigenvalue weighted by Crippen LogP contribution is 2.34. The number of nitrogens with zero attached hydrogens (tertiary/aromatic N) is 1. The van der Waals surface area contributed by atoms with Gasteiger partial charge in [0, 0.05) is 39.7 Å². The normalized spacial score (nSPS) is 14.7. The van der Waals surface area contributed by atoms with Crippen LogP contribution in [-0.2, 0) is 17.8 Å². The number of thiophene rings is 1. The number of fused-ring (bicyclic) bond motifs is 3. The maximum atomic E-state index is 12.1. The molecule has 4 heterocycles. The van der Waals surface area contributed by atoms with Crippen LogP contribution in [0.3, 0.4) is 0 Å². The van der Waals surface area contributed by atoms with Gasteiger partial charge >= 0.3 is 0 Å². The Morgan fingerprint density at radius 2 is 2.37 bits per heavy atom. The lowest BCUT2D eigenvalue weighted by atomic mass is 10.1. The van der Waals surface area contributed by atoms with Gasteiger partial charge in [0.2, 0.25) is 0 Å². The second-order valence-electron chi connectivity index (χ2n) is 4.55. The first-order valence-electron chi connectivity index (χ1n) is 6.07. The molecule has 1 aliphatic heterocycles. The highest BCUT2D eigenvalue weighted by molar-refractivity contribution is 7.22. The molecule has 0 saturated heterocycles. The molecule has 0 amide bonds. The number of ether oxygens (including phenoxy) is 1. The van der Waals surface area contributed by atoms with Gasteiger partial charge in [0.25, 0.3) is 5.56 Å². The molecular formula is C13H11N3O2S. The largest absolute Gasteiger partial charge is 0.376 e. The van der Waals surface area contributed by atoms with E-state index in [-0.39, 0.29) is 5.56 Å². The zero-order valence-electron chi connectivity index (χ0n) is 10.0. The summed E-state index contributed by atoms with van der Waals surface area (Å²) in [6, 6.07) is 2.06. The van der Waals surface area contributed by atoms with Crippen molar-refractivity contribution in [3.05, 3.63) is 40.1 Å². The Labute approximate surface area is 112 Å². The van der Waals surface area contributed by atoms with E-state index in [1.54, 1.807) is 6.20 Å². The number of pyridine rings is 1. The molecule has 0 spiro atoms. The lowest BCUT2D eigenvalue weighted by Gasteiger charge is -2.16. The SMILES string of the molecule is O=c1[nH]c2c(c3cc(-c4cn[nH]c4)sc13)COCC2. The molecule has 96 valence electrons. The lowest BCUT2D eigenvalue weighted by molar-refractivity contribution is 0.110. The molecule has 0 unspecified atom stereocenters. The van der Waals surface area contributed by atoms with Crippen molar-refractivity contribution in [2.45, 2.75) is 13.0 Å². The maximum Gasteiger partial charge on any atom is 0.266 e. The second kappa shape index (κ2) is 4.04.